The Morgan fingerprint density at radius 1 is 0.958 bits per heavy atom. The average molecular weight is 415 g/mol. The molecule has 1 atom stereocenters. The van der Waals surface area contributed by atoms with E-state index in [1.165, 1.54) is 30.5 Å². The molecule has 0 aromatic carbocycles. The third kappa shape index (κ3) is 7.14. The van der Waals surface area contributed by atoms with Crippen molar-refractivity contribution >= 4 is 20.2 Å². The Morgan fingerprint density at radius 2 is 1.62 bits per heavy atom. The summed E-state index contributed by atoms with van der Waals surface area (Å²) in [6.07, 6.45) is 3.65. The third-order valence-corrected chi connectivity index (χ3v) is 4.29. The Morgan fingerprint density at radius 3 is 2.38 bits per heavy atom. The monoisotopic (exact) mass is 414 g/mol. The fraction of sp³-hybridized carbons (Fsp3) is 0.688. The van der Waals surface area contributed by atoms with Gasteiger partial charge in [0.1, 0.15) is 0 Å². The number of fused-ring (bicyclic) bond motifs is 1. The number of aryl methyl sites for hydroxylation is 1. The maximum Gasteiger partial charge on any atom is 0.0608 e. The molecule has 4 N–H and O–H groups in total. The Balaban J connectivity index is 0.000000647. The topological polar surface area (TPSA) is 61.0 Å². The molecule has 0 radical (unpaired) electrons. The van der Waals surface area contributed by atoms with Crippen LogP contribution in [0.5, 0.6) is 0 Å². The number of pyridine rings is 1. The van der Waals surface area contributed by atoms with E-state index in [0.29, 0.717) is 6.04 Å². The maximum absolute atomic E-state index is 4.92. The second kappa shape index (κ2) is 12.4. The number of aromatic nitrogens is 1. The molecule has 0 fully saturated rings. The molecule has 0 amide bonds. The first-order chi connectivity index (χ1) is 11.8. The SMILES string of the molecule is [Cl][Mn][Cl].c1cc2c3nc1CNCCNCCNCCNC3CCC2. The predicted octanol–water partition coefficient (Wildman–Crippen LogP) is 1.71. The van der Waals surface area contributed by atoms with Crippen molar-refractivity contribution in [1.29, 1.82) is 0 Å². The van der Waals surface area contributed by atoms with E-state index in [9.17, 15) is 0 Å². The van der Waals surface area contributed by atoms with Crippen molar-refractivity contribution in [2.45, 2.75) is 31.8 Å². The molecule has 2 bridgehead atoms. The van der Waals surface area contributed by atoms with E-state index in [1.54, 1.807) is 0 Å². The van der Waals surface area contributed by atoms with E-state index in [-0.39, 0.29) is 13.1 Å². The molecule has 0 saturated carbocycles. The van der Waals surface area contributed by atoms with Gasteiger partial charge >= 0.3 is 33.3 Å². The number of halogens is 2. The predicted molar refractivity (Wildman–Crippen MR) is 97.1 cm³/mol. The van der Waals surface area contributed by atoms with E-state index >= 15 is 0 Å². The first kappa shape index (κ1) is 20.4. The van der Waals surface area contributed by atoms with Crippen LogP contribution in [0.25, 0.3) is 0 Å². The van der Waals surface area contributed by atoms with Crippen LogP contribution in [0.15, 0.2) is 12.1 Å². The Hall–Kier alpha value is 0.0895. The molecule has 1 aliphatic heterocycles. The smallest absolute Gasteiger partial charge is 0.0608 e. The van der Waals surface area contributed by atoms with Gasteiger partial charge in [-0.25, -0.2) is 0 Å². The third-order valence-electron chi connectivity index (χ3n) is 4.29. The van der Waals surface area contributed by atoms with E-state index < -0.39 is 0 Å². The van der Waals surface area contributed by atoms with Gasteiger partial charge in [-0.05, 0) is 30.9 Å². The molecule has 5 nitrogen and oxygen atoms in total. The molecular weight excluding hydrogens is 388 g/mol. The minimum atomic E-state index is 0.00694. The standard InChI is InChI=1S/C16H27N5.2ClH.Mn/c1-2-13-4-5-14-12-19-9-8-17-6-7-18-10-11-20-15(3-1)16(13)21-14;;;/h4-5,15,17-20H,1-3,6-12H2;2*1H;/q;;;+2/p-2. The molecule has 137 valence electrons. The maximum atomic E-state index is 4.92. The van der Waals surface area contributed by atoms with Gasteiger partial charge < -0.3 is 21.3 Å². The summed E-state index contributed by atoms with van der Waals surface area (Å²) in [5.74, 6) is 0. The van der Waals surface area contributed by atoms with Gasteiger partial charge in [-0.1, -0.05) is 6.07 Å². The summed E-state index contributed by atoms with van der Waals surface area (Å²) in [6, 6.07) is 4.89. The van der Waals surface area contributed by atoms with Gasteiger partial charge in [0.05, 0.1) is 11.4 Å². The molecule has 2 aliphatic rings. The fourth-order valence-corrected chi connectivity index (χ4v) is 3.14. The molecule has 1 aliphatic carbocycles. The summed E-state index contributed by atoms with van der Waals surface area (Å²) in [5.41, 5.74) is 3.88. The molecule has 1 unspecified atom stereocenters. The van der Waals surface area contributed by atoms with Crippen LogP contribution in [-0.4, -0.2) is 44.3 Å². The van der Waals surface area contributed by atoms with E-state index in [4.69, 9.17) is 25.2 Å². The van der Waals surface area contributed by atoms with Crippen LogP contribution < -0.4 is 21.3 Å². The second-order valence-corrected chi connectivity index (χ2v) is 7.93. The van der Waals surface area contributed by atoms with Crippen LogP contribution in [0.3, 0.4) is 0 Å². The van der Waals surface area contributed by atoms with Gasteiger partial charge in [0, 0.05) is 51.9 Å². The Labute approximate surface area is 159 Å². The molecule has 1 aromatic heterocycles. The van der Waals surface area contributed by atoms with Gasteiger partial charge in [0.15, 0.2) is 0 Å². The summed E-state index contributed by atoms with van der Waals surface area (Å²) in [5, 5.41) is 14.0. The van der Waals surface area contributed by atoms with Gasteiger partial charge in [0.25, 0.3) is 0 Å². The molecule has 0 spiro atoms. The van der Waals surface area contributed by atoms with Crippen molar-refractivity contribution in [3.8, 4) is 0 Å². The van der Waals surface area contributed by atoms with Crippen LogP contribution in [-0.2, 0) is 26.1 Å². The zero-order chi connectivity index (χ0) is 17.0. The van der Waals surface area contributed by atoms with Crippen LogP contribution >= 0.6 is 20.2 Å². The largest absolute Gasteiger partial charge is 0.314 e. The van der Waals surface area contributed by atoms with E-state index in [2.05, 4.69) is 33.4 Å². The zero-order valence-corrected chi connectivity index (χ0v) is 16.6. The first-order valence-electron chi connectivity index (χ1n) is 8.56. The van der Waals surface area contributed by atoms with Crippen molar-refractivity contribution in [2.75, 3.05) is 39.3 Å². The van der Waals surface area contributed by atoms with Crippen molar-refractivity contribution in [2.24, 2.45) is 0 Å². The molecule has 3 rings (SSSR count). The normalized spacial score (nSPS) is 22.5. The zero-order valence-electron chi connectivity index (χ0n) is 13.9. The van der Waals surface area contributed by atoms with Crippen molar-refractivity contribution in [3.63, 3.8) is 0 Å². The Kier molecular flexibility index (Phi) is 10.6. The first-order valence-corrected chi connectivity index (χ1v) is 11.8. The van der Waals surface area contributed by atoms with Gasteiger partial charge in [-0.15, -0.1) is 0 Å². The van der Waals surface area contributed by atoms with Crippen LogP contribution in [0.2, 0.25) is 0 Å². The minimum Gasteiger partial charge on any atom is -0.314 e. The second-order valence-electron chi connectivity index (χ2n) is 5.98. The number of hydrogen-bond donors (Lipinski definition) is 4. The summed E-state index contributed by atoms with van der Waals surface area (Å²) < 4.78 is 0. The molecule has 2 heterocycles. The van der Waals surface area contributed by atoms with Crippen LogP contribution in [0.1, 0.15) is 35.8 Å². The number of nitrogens with one attached hydrogen (secondary N) is 4. The summed E-state index contributed by atoms with van der Waals surface area (Å²) >= 11 is 0.00694. The minimum absolute atomic E-state index is 0.00694. The molecule has 8 heteroatoms. The van der Waals surface area contributed by atoms with Crippen molar-refractivity contribution < 1.29 is 13.1 Å². The number of hydrogen-bond acceptors (Lipinski definition) is 5. The molecular formula is C16H27Cl2MnN5. The molecule has 0 saturated heterocycles. The average Bonchev–Trinajstić information content (AvgIpc) is 2.60. The van der Waals surface area contributed by atoms with Gasteiger partial charge in [0.2, 0.25) is 0 Å². The Bertz CT molecular complexity index is 478. The summed E-state index contributed by atoms with van der Waals surface area (Å²) in [4.78, 5) is 4.92. The van der Waals surface area contributed by atoms with E-state index in [1.807, 2.05) is 0 Å². The number of rotatable bonds is 0. The summed E-state index contributed by atoms with van der Waals surface area (Å²) in [7, 11) is 9.59. The quantitative estimate of drug-likeness (QED) is 0.487. The fourth-order valence-electron chi connectivity index (χ4n) is 3.14. The molecule has 24 heavy (non-hydrogen) atoms. The summed E-state index contributed by atoms with van der Waals surface area (Å²) in [6.45, 7) is 6.94. The number of nitrogens with zero attached hydrogens (tertiary/aromatic N) is 1. The van der Waals surface area contributed by atoms with Gasteiger partial charge in [-0.3, -0.25) is 4.98 Å². The molecule has 1 aromatic rings. The van der Waals surface area contributed by atoms with Gasteiger partial charge in [-0.2, -0.15) is 0 Å². The van der Waals surface area contributed by atoms with Crippen molar-refractivity contribution in [1.82, 2.24) is 26.3 Å². The van der Waals surface area contributed by atoms with Crippen LogP contribution in [0.4, 0.5) is 0 Å². The van der Waals surface area contributed by atoms with Crippen LogP contribution in [0, 0.1) is 0 Å². The van der Waals surface area contributed by atoms with Crippen molar-refractivity contribution in [3.05, 3.63) is 29.1 Å². The van der Waals surface area contributed by atoms with E-state index in [0.717, 1.165) is 51.5 Å².